The predicted molar refractivity (Wildman–Crippen MR) is 97.0 cm³/mol. The van der Waals surface area contributed by atoms with Crippen molar-refractivity contribution >= 4 is 23.3 Å². The van der Waals surface area contributed by atoms with Crippen molar-refractivity contribution in [3.63, 3.8) is 0 Å². The minimum Gasteiger partial charge on any atom is -0.338 e. The number of rotatable bonds is 7. The van der Waals surface area contributed by atoms with Gasteiger partial charge in [0.2, 0.25) is 5.91 Å². The molecule has 1 atom stereocenters. The molecule has 0 radical (unpaired) electrons. The second-order valence-corrected chi connectivity index (χ2v) is 6.87. The fourth-order valence-electron chi connectivity index (χ4n) is 2.19. The molecule has 5 nitrogen and oxygen atoms in total. The smallest absolute Gasteiger partial charge is 0.321 e. The summed E-state index contributed by atoms with van der Waals surface area (Å²) in [5.74, 6) is -0.0148. The number of benzene rings is 1. The van der Waals surface area contributed by atoms with Gasteiger partial charge in [-0.15, -0.1) is 11.3 Å². The highest BCUT2D eigenvalue weighted by Crippen LogP contribution is 2.25. The molecule has 2 rings (SSSR count). The lowest BCUT2D eigenvalue weighted by molar-refractivity contribution is -0.119. The van der Waals surface area contributed by atoms with Crippen molar-refractivity contribution in [2.75, 3.05) is 13.1 Å². The first-order valence-corrected chi connectivity index (χ1v) is 8.83. The first-order chi connectivity index (χ1) is 11.6. The van der Waals surface area contributed by atoms with E-state index in [2.05, 4.69) is 16.0 Å². The maximum absolute atomic E-state index is 12.0. The highest BCUT2D eigenvalue weighted by molar-refractivity contribution is 7.10. The molecule has 1 heterocycles. The Kier molecular flexibility index (Phi) is 6.96. The fourth-order valence-corrected chi connectivity index (χ4v) is 3.02. The number of hydrogen-bond acceptors (Lipinski definition) is 4. The van der Waals surface area contributed by atoms with E-state index in [-0.39, 0.29) is 18.5 Å². The molecule has 3 N–H and O–H groups in total. The Labute approximate surface area is 146 Å². The summed E-state index contributed by atoms with van der Waals surface area (Å²) in [7, 11) is 0. The standard InChI is InChI=1S/C18H23N3O2S/c1-13(2)11-20-18(23)21-16(22)12-19-17(15-9-6-10-24-15)14-7-4-3-5-8-14/h3-10,13,17,19H,11-12H2,1-2H3,(H2,20,21,22,23)/t17-/m1/s1. The molecule has 24 heavy (non-hydrogen) atoms. The number of amides is 3. The van der Waals surface area contributed by atoms with Gasteiger partial charge in [-0.2, -0.15) is 0 Å². The third-order valence-corrected chi connectivity index (χ3v) is 4.29. The molecule has 0 spiro atoms. The van der Waals surface area contributed by atoms with E-state index in [1.54, 1.807) is 11.3 Å². The molecule has 0 fully saturated rings. The molecule has 0 saturated carbocycles. The summed E-state index contributed by atoms with van der Waals surface area (Å²) in [4.78, 5) is 24.7. The summed E-state index contributed by atoms with van der Waals surface area (Å²) < 4.78 is 0. The Morgan fingerprint density at radius 2 is 1.83 bits per heavy atom. The quantitative estimate of drug-likeness (QED) is 0.723. The molecular weight excluding hydrogens is 322 g/mol. The van der Waals surface area contributed by atoms with E-state index in [0.29, 0.717) is 12.5 Å². The normalized spacial score (nSPS) is 12.0. The van der Waals surface area contributed by atoms with E-state index in [0.717, 1.165) is 10.4 Å². The number of hydrogen-bond donors (Lipinski definition) is 3. The fraction of sp³-hybridized carbons (Fsp3) is 0.333. The Bertz CT molecular complexity index is 642. The molecule has 0 aliphatic carbocycles. The first-order valence-electron chi connectivity index (χ1n) is 7.95. The molecule has 0 saturated heterocycles. The number of carbonyl (C=O) groups is 2. The summed E-state index contributed by atoms with van der Waals surface area (Å²) in [6.45, 7) is 4.59. The SMILES string of the molecule is CC(C)CNC(=O)NC(=O)CN[C@H](c1ccccc1)c1cccs1. The van der Waals surface area contributed by atoms with Gasteiger partial charge in [-0.1, -0.05) is 50.2 Å². The molecule has 2 aromatic rings. The van der Waals surface area contributed by atoms with Crippen LogP contribution < -0.4 is 16.0 Å². The van der Waals surface area contributed by atoms with E-state index in [9.17, 15) is 9.59 Å². The van der Waals surface area contributed by atoms with Crippen LogP contribution in [0.25, 0.3) is 0 Å². The summed E-state index contributed by atoms with van der Waals surface area (Å²) in [5.41, 5.74) is 1.08. The van der Waals surface area contributed by atoms with E-state index < -0.39 is 6.03 Å². The van der Waals surface area contributed by atoms with Gasteiger partial charge in [-0.3, -0.25) is 15.4 Å². The van der Waals surface area contributed by atoms with Crippen LogP contribution in [0.5, 0.6) is 0 Å². The maximum atomic E-state index is 12.0. The molecule has 0 unspecified atom stereocenters. The average molecular weight is 345 g/mol. The summed E-state index contributed by atoms with van der Waals surface area (Å²) in [6.07, 6.45) is 0. The summed E-state index contributed by atoms with van der Waals surface area (Å²) in [5, 5.41) is 10.2. The molecule has 6 heteroatoms. The van der Waals surface area contributed by atoms with Crippen molar-refractivity contribution in [2.24, 2.45) is 5.92 Å². The van der Waals surface area contributed by atoms with Crippen molar-refractivity contribution in [1.82, 2.24) is 16.0 Å². The lowest BCUT2D eigenvalue weighted by atomic mass is 10.1. The lowest BCUT2D eigenvalue weighted by Crippen LogP contribution is -2.44. The van der Waals surface area contributed by atoms with Gasteiger partial charge in [-0.05, 0) is 22.9 Å². The Morgan fingerprint density at radius 3 is 2.46 bits per heavy atom. The number of nitrogens with one attached hydrogen (secondary N) is 3. The van der Waals surface area contributed by atoms with E-state index in [4.69, 9.17) is 0 Å². The van der Waals surface area contributed by atoms with Gasteiger partial charge in [0, 0.05) is 11.4 Å². The Balaban J connectivity index is 1.91. The molecule has 1 aromatic heterocycles. The lowest BCUT2D eigenvalue weighted by Gasteiger charge is -2.18. The third kappa shape index (κ3) is 5.79. The molecule has 1 aromatic carbocycles. The van der Waals surface area contributed by atoms with E-state index in [1.807, 2.05) is 61.7 Å². The summed E-state index contributed by atoms with van der Waals surface area (Å²) in [6, 6.07) is 13.4. The Hall–Kier alpha value is -2.18. The number of thiophene rings is 1. The van der Waals surface area contributed by atoms with E-state index >= 15 is 0 Å². The van der Waals surface area contributed by atoms with Gasteiger partial charge in [0.05, 0.1) is 12.6 Å². The van der Waals surface area contributed by atoms with Crippen LogP contribution in [0, 0.1) is 5.92 Å². The monoisotopic (exact) mass is 345 g/mol. The molecule has 128 valence electrons. The van der Waals surface area contributed by atoms with Crippen molar-refractivity contribution in [2.45, 2.75) is 19.9 Å². The zero-order valence-corrected chi connectivity index (χ0v) is 14.7. The van der Waals surface area contributed by atoms with Crippen LogP contribution in [0.4, 0.5) is 4.79 Å². The van der Waals surface area contributed by atoms with Crippen LogP contribution in [0.2, 0.25) is 0 Å². The van der Waals surface area contributed by atoms with Gasteiger partial charge in [-0.25, -0.2) is 4.79 Å². The van der Waals surface area contributed by atoms with Crippen LogP contribution >= 0.6 is 11.3 Å². The van der Waals surface area contributed by atoms with Crippen LogP contribution in [-0.2, 0) is 4.79 Å². The van der Waals surface area contributed by atoms with Crippen LogP contribution in [-0.4, -0.2) is 25.0 Å². The second kappa shape index (κ2) is 9.20. The molecule has 0 bridgehead atoms. The van der Waals surface area contributed by atoms with Crippen molar-refractivity contribution in [3.05, 3.63) is 58.3 Å². The van der Waals surface area contributed by atoms with Crippen LogP contribution in [0.1, 0.15) is 30.3 Å². The number of urea groups is 1. The Morgan fingerprint density at radius 1 is 1.08 bits per heavy atom. The zero-order valence-electron chi connectivity index (χ0n) is 13.9. The van der Waals surface area contributed by atoms with Crippen molar-refractivity contribution in [3.8, 4) is 0 Å². The number of carbonyl (C=O) groups excluding carboxylic acids is 2. The largest absolute Gasteiger partial charge is 0.338 e. The predicted octanol–water partition coefficient (Wildman–Crippen LogP) is 2.91. The average Bonchev–Trinajstić information content (AvgIpc) is 3.08. The summed E-state index contributed by atoms with van der Waals surface area (Å²) >= 11 is 1.63. The molecule has 0 aliphatic heterocycles. The minimum atomic E-state index is -0.456. The molecule has 3 amide bonds. The zero-order chi connectivity index (χ0) is 17.4. The van der Waals surface area contributed by atoms with Crippen molar-refractivity contribution < 1.29 is 9.59 Å². The van der Waals surface area contributed by atoms with Gasteiger partial charge in [0.25, 0.3) is 0 Å². The molecule has 0 aliphatic rings. The van der Waals surface area contributed by atoms with Crippen LogP contribution in [0.3, 0.4) is 0 Å². The minimum absolute atomic E-state index is 0.0621. The van der Waals surface area contributed by atoms with E-state index in [1.165, 1.54) is 0 Å². The van der Waals surface area contributed by atoms with Gasteiger partial charge in [0.1, 0.15) is 0 Å². The van der Waals surface area contributed by atoms with Crippen molar-refractivity contribution in [1.29, 1.82) is 0 Å². The van der Waals surface area contributed by atoms with Crippen LogP contribution in [0.15, 0.2) is 47.8 Å². The first kappa shape index (κ1) is 18.2. The van der Waals surface area contributed by atoms with Gasteiger partial charge < -0.3 is 5.32 Å². The van der Waals surface area contributed by atoms with Gasteiger partial charge in [0.15, 0.2) is 0 Å². The molecular formula is C18H23N3O2S. The van der Waals surface area contributed by atoms with Gasteiger partial charge >= 0.3 is 6.03 Å². The highest BCUT2D eigenvalue weighted by Gasteiger charge is 2.16. The third-order valence-electron chi connectivity index (χ3n) is 3.35. The maximum Gasteiger partial charge on any atom is 0.321 e. The second-order valence-electron chi connectivity index (χ2n) is 5.89. The highest BCUT2D eigenvalue weighted by atomic mass is 32.1. The number of imide groups is 1. The topological polar surface area (TPSA) is 70.2 Å².